The molecule has 1 amide bonds. The fourth-order valence-corrected chi connectivity index (χ4v) is 3.63. The molecular formula is C21H24N6O2. The number of aromatic nitrogens is 4. The molecule has 0 bridgehead atoms. The molecule has 2 heterocycles. The number of methoxy groups -OCH3 is 1. The van der Waals surface area contributed by atoms with E-state index in [1.807, 2.05) is 47.4 Å². The van der Waals surface area contributed by atoms with Crippen molar-refractivity contribution in [1.82, 2.24) is 25.1 Å². The fraction of sp³-hybridized carbons (Fsp3) is 0.333. The van der Waals surface area contributed by atoms with Gasteiger partial charge < -0.3 is 14.5 Å². The van der Waals surface area contributed by atoms with Crippen LogP contribution in [-0.4, -0.2) is 64.3 Å². The van der Waals surface area contributed by atoms with Crippen molar-refractivity contribution in [2.24, 2.45) is 0 Å². The number of hydrogen-bond donors (Lipinski definition) is 0. The van der Waals surface area contributed by atoms with Crippen LogP contribution >= 0.6 is 0 Å². The number of anilines is 1. The van der Waals surface area contributed by atoms with Gasteiger partial charge in [0.2, 0.25) is 5.91 Å². The number of tetrazole rings is 1. The van der Waals surface area contributed by atoms with Crippen molar-refractivity contribution >= 4 is 11.6 Å². The van der Waals surface area contributed by atoms with Crippen LogP contribution in [0.1, 0.15) is 11.6 Å². The lowest BCUT2D eigenvalue weighted by molar-refractivity contribution is -0.135. The second-order valence-electron chi connectivity index (χ2n) is 7.01. The Balaban J connectivity index is 1.43. The van der Waals surface area contributed by atoms with Crippen LogP contribution in [0.5, 0.6) is 5.75 Å². The summed E-state index contributed by atoms with van der Waals surface area (Å²) in [5, 5.41) is 11.4. The summed E-state index contributed by atoms with van der Waals surface area (Å²) in [6, 6.07) is 17.5. The Morgan fingerprint density at radius 1 is 1.03 bits per heavy atom. The minimum absolute atomic E-state index is 0.0514. The maximum absolute atomic E-state index is 13.3. The van der Waals surface area contributed by atoms with E-state index in [9.17, 15) is 4.79 Å². The highest BCUT2D eigenvalue weighted by Gasteiger charge is 2.29. The van der Waals surface area contributed by atoms with Gasteiger partial charge in [-0.3, -0.25) is 4.79 Å². The molecule has 1 aliphatic heterocycles. The second-order valence-corrected chi connectivity index (χ2v) is 7.01. The lowest BCUT2D eigenvalue weighted by Gasteiger charge is -2.37. The minimum Gasteiger partial charge on any atom is -0.497 e. The Morgan fingerprint density at radius 3 is 2.38 bits per heavy atom. The van der Waals surface area contributed by atoms with Gasteiger partial charge in [0.1, 0.15) is 18.1 Å². The molecule has 150 valence electrons. The van der Waals surface area contributed by atoms with E-state index >= 15 is 0 Å². The first-order valence-corrected chi connectivity index (χ1v) is 9.69. The van der Waals surface area contributed by atoms with Gasteiger partial charge in [0.15, 0.2) is 0 Å². The van der Waals surface area contributed by atoms with E-state index < -0.39 is 6.04 Å². The monoisotopic (exact) mass is 392 g/mol. The average molecular weight is 392 g/mol. The Bertz CT molecular complexity index is 906. The van der Waals surface area contributed by atoms with Crippen molar-refractivity contribution in [2.75, 3.05) is 38.2 Å². The van der Waals surface area contributed by atoms with Crippen LogP contribution < -0.4 is 9.64 Å². The first-order valence-electron chi connectivity index (χ1n) is 9.69. The molecule has 1 aliphatic rings. The predicted octanol–water partition coefficient (Wildman–Crippen LogP) is 1.81. The summed E-state index contributed by atoms with van der Waals surface area (Å²) in [6.45, 7) is 2.90. The van der Waals surface area contributed by atoms with E-state index in [1.54, 1.807) is 11.8 Å². The minimum atomic E-state index is -0.445. The Hall–Kier alpha value is -3.42. The van der Waals surface area contributed by atoms with Crippen molar-refractivity contribution < 1.29 is 9.53 Å². The molecule has 4 rings (SSSR count). The third kappa shape index (κ3) is 4.37. The Labute approximate surface area is 169 Å². The van der Waals surface area contributed by atoms with Crippen LogP contribution in [0.15, 0.2) is 60.9 Å². The molecule has 1 atom stereocenters. The smallest absolute Gasteiger partial charge is 0.248 e. The summed E-state index contributed by atoms with van der Waals surface area (Å²) < 4.78 is 6.79. The molecule has 0 aliphatic carbocycles. The molecule has 0 spiro atoms. The molecule has 1 fully saturated rings. The van der Waals surface area contributed by atoms with Gasteiger partial charge >= 0.3 is 0 Å². The number of nitrogens with zero attached hydrogens (tertiary/aromatic N) is 6. The van der Waals surface area contributed by atoms with Crippen molar-refractivity contribution in [3.63, 3.8) is 0 Å². The normalized spacial score (nSPS) is 15.2. The zero-order chi connectivity index (χ0) is 20.1. The fourth-order valence-electron chi connectivity index (χ4n) is 3.63. The summed E-state index contributed by atoms with van der Waals surface area (Å²) in [7, 11) is 1.66. The van der Waals surface area contributed by atoms with Gasteiger partial charge in [-0.15, -0.1) is 5.10 Å². The molecule has 8 nitrogen and oxygen atoms in total. The van der Waals surface area contributed by atoms with Gasteiger partial charge in [-0.25, -0.2) is 4.68 Å². The van der Waals surface area contributed by atoms with Gasteiger partial charge in [-0.1, -0.05) is 30.3 Å². The largest absolute Gasteiger partial charge is 0.497 e. The molecule has 0 unspecified atom stereocenters. The van der Waals surface area contributed by atoms with Crippen LogP contribution in [-0.2, 0) is 11.2 Å². The summed E-state index contributed by atoms with van der Waals surface area (Å²) in [6.07, 6.45) is 2.07. The lowest BCUT2D eigenvalue weighted by atomic mass is 10.0. The molecule has 2 aromatic carbocycles. The lowest BCUT2D eigenvalue weighted by Crippen LogP contribution is -2.51. The number of benzene rings is 2. The maximum Gasteiger partial charge on any atom is 0.248 e. The zero-order valence-corrected chi connectivity index (χ0v) is 16.4. The van der Waals surface area contributed by atoms with Gasteiger partial charge in [0.25, 0.3) is 0 Å². The first kappa shape index (κ1) is 18.9. The Kier molecular flexibility index (Phi) is 5.69. The van der Waals surface area contributed by atoms with Crippen LogP contribution in [0.3, 0.4) is 0 Å². The van der Waals surface area contributed by atoms with Crippen LogP contribution in [0, 0.1) is 0 Å². The molecule has 3 aromatic rings. The first-order chi connectivity index (χ1) is 14.2. The molecule has 0 radical (unpaired) electrons. The summed E-state index contributed by atoms with van der Waals surface area (Å²) in [5.74, 6) is 0.892. The van der Waals surface area contributed by atoms with Crippen molar-refractivity contribution in [3.05, 3.63) is 66.5 Å². The third-order valence-electron chi connectivity index (χ3n) is 5.27. The maximum atomic E-state index is 13.3. The highest BCUT2D eigenvalue weighted by Crippen LogP contribution is 2.22. The van der Waals surface area contributed by atoms with E-state index in [0.717, 1.165) is 30.1 Å². The van der Waals surface area contributed by atoms with Gasteiger partial charge in [0.05, 0.1) is 7.11 Å². The van der Waals surface area contributed by atoms with Crippen molar-refractivity contribution in [1.29, 1.82) is 0 Å². The number of carbonyl (C=O) groups is 1. The number of ether oxygens (including phenoxy) is 1. The topological polar surface area (TPSA) is 76.4 Å². The molecule has 1 saturated heterocycles. The van der Waals surface area contributed by atoms with Crippen LogP contribution in [0.2, 0.25) is 0 Å². The molecule has 29 heavy (non-hydrogen) atoms. The molecule has 1 aromatic heterocycles. The van der Waals surface area contributed by atoms with Gasteiger partial charge in [0, 0.05) is 38.3 Å². The SMILES string of the molecule is COc1ccc(N2CCN(C(=O)[C@H](Cc3ccccc3)n3cnnn3)CC2)cc1. The third-order valence-corrected chi connectivity index (χ3v) is 5.27. The molecule has 8 heteroatoms. The van der Waals surface area contributed by atoms with E-state index in [2.05, 4.69) is 32.6 Å². The van der Waals surface area contributed by atoms with E-state index in [4.69, 9.17) is 4.74 Å². The molecule has 0 N–H and O–H groups in total. The molecule has 0 saturated carbocycles. The van der Waals surface area contributed by atoms with E-state index in [0.29, 0.717) is 19.5 Å². The average Bonchev–Trinajstić information content (AvgIpc) is 3.32. The van der Waals surface area contributed by atoms with Gasteiger partial charge in [-0.2, -0.15) is 0 Å². The summed E-state index contributed by atoms with van der Waals surface area (Å²) in [5.41, 5.74) is 2.22. The summed E-state index contributed by atoms with van der Waals surface area (Å²) >= 11 is 0. The van der Waals surface area contributed by atoms with E-state index in [-0.39, 0.29) is 5.91 Å². The van der Waals surface area contributed by atoms with E-state index in [1.165, 1.54) is 6.33 Å². The molecular weight excluding hydrogens is 368 g/mol. The van der Waals surface area contributed by atoms with Crippen molar-refractivity contribution in [2.45, 2.75) is 12.5 Å². The number of rotatable bonds is 6. The number of carbonyl (C=O) groups excluding carboxylic acids is 1. The number of hydrogen-bond acceptors (Lipinski definition) is 6. The van der Waals surface area contributed by atoms with Crippen LogP contribution in [0.25, 0.3) is 0 Å². The second kappa shape index (κ2) is 8.72. The standard InChI is InChI=1S/C21H24N6O2/c1-29-19-9-7-18(8-10-19)25-11-13-26(14-12-25)21(28)20(27-16-22-23-24-27)15-17-5-3-2-4-6-17/h2-10,16,20H,11-15H2,1H3/t20-/m0/s1. The Morgan fingerprint density at radius 2 is 1.76 bits per heavy atom. The predicted molar refractivity (Wildman–Crippen MR) is 109 cm³/mol. The van der Waals surface area contributed by atoms with Crippen molar-refractivity contribution in [3.8, 4) is 5.75 Å². The number of amides is 1. The highest BCUT2D eigenvalue weighted by atomic mass is 16.5. The summed E-state index contributed by atoms with van der Waals surface area (Å²) in [4.78, 5) is 17.5. The zero-order valence-electron chi connectivity index (χ0n) is 16.4. The number of piperazine rings is 1. The quantitative estimate of drug-likeness (QED) is 0.637. The van der Waals surface area contributed by atoms with Crippen LogP contribution in [0.4, 0.5) is 5.69 Å². The van der Waals surface area contributed by atoms with Gasteiger partial charge in [-0.05, 0) is 40.3 Å². The highest BCUT2D eigenvalue weighted by molar-refractivity contribution is 5.81.